The van der Waals surface area contributed by atoms with Crippen molar-refractivity contribution in [3.8, 4) is 0 Å². The van der Waals surface area contributed by atoms with Crippen molar-refractivity contribution >= 4 is 16.5 Å². The molecule has 1 unspecified atom stereocenters. The van der Waals surface area contributed by atoms with Crippen molar-refractivity contribution in [2.75, 3.05) is 31.1 Å². The van der Waals surface area contributed by atoms with Crippen LogP contribution in [0.4, 0.5) is 5.69 Å². The Bertz CT molecular complexity index is 428. The summed E-state index contributed by atoms with van der Waals surface area (Å²) in [6.07, 6.45) is 3.63. The Kier molecular flexibility index (Phi) is 4.78. The molecule has 4 heteroatoms. The molecule has 1 aliphatic rings. The lowest BCUT2D eigenvalue weighted by atomic mass is 10.2. The predicted molar refractivity (Wildman–Crippen MR) is 77.2 cm³/mol. The van der Waals surface area contributed by atoms with Gasteiger partial charge in [0.1, 0.15) is 0 Å². The van der Waals surface area contributed by atoms with E-state index < -0.39 is 10.8 Å². The molecule has 1 aromatic carbocycles. The van der Waals surface area contributed by atoms with Crippen LogP contribution in [0.1, 0.15) is 24.8 Å². The van der Waals surface area contributed by atoms with Gasteiger partial charge in [-0.15, -0.1) is 0 Å². The van der Waals surface area contributed by atoms with Crippen molar-refractivity contribution < 1.29 is 4.21 Å². The van der Waals surface area contributed by atoms with Gasteiger partial charge in [-0.05, 0) is 63.5 Å². The van der Waals surface area contributed by atoms with E-state index in [1.807, 2.05) is 25.1 Å². The summed E-state index contributed by atoms with van der Waals surface area (Å²) in [5.41, 5.74) is 7.55. The number of nitrogen functional groups attached to an aromatic ring is 1. The quantitative estimate of drug-likeness (QED) is 0.831. The Morgan fingerprint density at radius 3 is 2.78 bits per heavy atom. The summed E-state index contributed by atoms with van der Waals surface area (Å²) in [6.45, 7) is 5.45. The number of rotatable bonds is 5. The third-order valence-electron chi connectivity index (χ3n) is 3.57. The van der Waals surface area contributed by atoms with Crippen LogP contribution in [0.2, 0.25) is 0 Å². The second kappa shape index (κ2) is 6.34. The topological polar surface area (TPSA) is 46.3 Å². The highest BCUT2D eigenvalue weighted by atomic mass is 32.2. The van der Waals surface area contributed by atoms with Crippen molar-refractivity contribution in [1.29, 1.82) is 0 Å². The number of nitrogens with zero attached hydrogens (tertiary/aromatic N) is 1. The average Bonchev–Trinajstić information content (AvgIpc) is 2.85. The molecule has 1 atom stereocenters. The minimum atomic E-state index is -0.912. The molecule has 1 fully saturated rings. The van der Waals surface area contributed by atoms with E-state index >= 15 is 0 Å². The van der Waals surface area contributed by atoms with Gasteiger partial charge in [-0.3, -0.25) is 4.21 Å². The maximum absolute atomic E-state index is 12.2. The van der Waals surface area contributed by atoms with Gasteiger partial charge in [-0.25, -0.2) is 0 Å². The van der Waals surface area contributed by atoms with Crippen LogP contribution in [0.15, 0.2) is 23.1 Å². The van der Waals surface area contributed by atoms with Crippen LogP contribution in [0.25, 0.3) is 0 Å². The second-order valence-electron chi connectivity index (χ2n) is 4.92. The molecule has 1 aromatic rings. The van der Waals surface area contributed by atoms with Gasteiger partial charge in [0.15, 0.2) is 0 Å². The number of hydrogen-bond donors (Lipinski definition) is 1. The van der Waals surface area contributed by atoms with Crippen molar-refractivity contribution in [2.24, 2.45) is 0 Å². The molecular formula is C14H22N2OS. The molecule has 3 nitrogen and oxygen atoms in total. The largest absolute Gasteiger partial charge is 0.398 e. The highest BCUT2D eigenvalue weighted by Crippen LogP contribution is 2.19. The van der Waals surface area contributed by atoms with E-state index in [2.05, 4.69) is 4.90 Å². The van der Waals surface area contributed by atoms with E-state index in [1.54, 1.807) is 0 Å². The van der Waals surface area contributed by atoms with Crippen molar-refractivity contribution in [2.45, 2.75) is 31.1 Å². The van der Waals surface area contributed by atoms with Gasteiger partial charge in [-0.1, -0.05) is 6.07 Å². The second-order valence-corrected chi connectivity index (χ2v) is 6.46. The van der Waals surface area contributed by atoms with Crippen molar-refractivity contribution in [3.63, 3.8) is 0 Å². The zero-order valence-corrected chi connectivity index (χ0v) is 11.8. The molecule has 0 saturated carbocycles. The summed E-state index contributed by atoms with van der Waals surface area (Å²) in [6, 6.07) is 5.67. The van der Waals surface area contributed by atoms with E-state index in [9.17, 15) is 4.21 Å². The van der Waals surface area contributed by atoms with E-state index in [4.69, 9.17) is 5.73 Å². The molecule has 1 heterocycles. The molecule has 1 aliphatic heterocycles. The van der Waals surface area contributed by atoms with Crippen LogP contribution in [-0.2, 0) is 10.8 Å². The third-order valence-corrected chi connectivity index (χ3v) is 5.17. The zero-order valence-electron chi connectivity index (χ0n) is 11.0. The highest BCUT2D eigenvalue weighted by molar-refractivity contribution is 7.85. The molecule has 0 aromatic heterocycles. The van der Waals surface area contributed by atoms with Gasteiger partial charge in [0, 0.05) is 16.3 Å². The van der Waals surface area contributed by atoms with Gasteiger partial charge < -0.3 is 10.6 Å². The predicted octanol–water partition coefficient (Wildman–Crippen LogP) is 2.17. The first-order valence-corrected chi connectivity index (χ1v) is 7.96. The Hall–Kier alpha value is -0.870. The minimum absolute atomic E-state index is 0.736. The summed E-state index contributed by atoms with van der Waals surface area (Å²) in [5.74, 6) is 0.737. The molecule has 2 rings (SSSR count). The van der Waals surface area contributed by atoms with Gasteiger partial charge in [0.25, 0.3) is 0 Å². The lowest BCUT2D eigenvalue weighted by Gasteiger charge is -2.14. The number of nitrogens with two attached hydrogens (primary N) is 1. The molecule has 0 spiro atoms. The van der Waals surface area contributed by atoms with E-state index in [1.165, 1.54) is 25.9 Å². The Labute approximate surface area is 112 Å². The Morgan fingerprint density at radius 2 is 2.06 bits per heavy atom. The minimum Gasteiger partial charge on any atom is -0.398 e. The molecule has 2 N–H and O–H groups in total. The maximum atomic E-state index is 12.2. The van der Waals surface area contributed by atoms with Crippen molar-refractivity contribution in [1.82, 2.24) is 4.90 Å². The van der Waals surface area contributed by atoms with Crippen LogP contribution in [0, 0.1) is 6.92 Å². The first-order valence-electron chi connectivity index (χ1n) is 6.64. The fourth-order valence-corrected chi connectivity index (χ4v) is 3.71. The number of benzene rings is 1. The van der Waals surface area contributed by atoms with E-state index in [0.717, 1.165) is 34.9 Å². The fraction of sp³-hybridized carbons (Fsp3) is 0.571. The fourth-order valence-electron chi connectivity index (χ4n) is 2.41. The standard InChI is InChI=1S/C14H22N2OS/c1-12-13(15)6-4-7-14(12)18(17)11-5-10-16-8-2-3-9-16/h4,6-7H,2-3,5,8-11,15H2,1H3. The van der Waals surface area contributed by atoms with E-state index in [-0.39, 0.29) is 0 Å². The molecule has 100 valence electrons. The van der Waals surface area contributed by atoms with Gasteiger partial charge in [0.05, 0.1) is 10.8 Å². The number of anilines is 1. The first kappa shape index (κ1) is 13.6. The van der Waals surface area contributed by atoms with Crippen LogP contribution in [-0.4, -0.2) is 34.5 Å². The van der Waals surface area contributed by atoms with Crippen LogP contribution in [0.3, 0.4) is 0 Å². The molecule has 18 heavy (non-hydrogen) atoms. The summed E-state index contributed by atoms with van der Waals surface area (Å²) in [5, 5.41) is 0. The average molecular weight is 266 g/mol. The monoisotopic (exact) mass is 266 g/mol. The normalized spacial score (nSPS) is 18.1. The molecule has 0 amide bonds. The number of hydrogen-bond acceptors (Lipinski definition) is 3. The molecule has 0 aliphatic carbocycles. The lowest BCUT2D eigenvalue weighted by molar-refractivity contribution is 0.340. The van der Waals surface area contributed by atoms with Crippen LogP contribution in [0.5, 0.6) is 0 Å². The Balaban J connectivity index is 1.85. The highest BCUT2D eigenvalue weighted by Gasteiger charge is 2.13. The smallest absolute Gasteiger partial charge is 0.0533 e. The summed E-state index contributed by atoms with van der Waals surface area (Å²) in [7, 11) is -0.912. The van der Waals surface area contributed by atoms with Crippen molar-refractivity contribution in [3.05, 3.63) is 23.8 Å². The van der Waals surface area contributed by atoms with Gasteiger partial charge in [-0.2, -0.15) is 0 Å². The lowest BCUT2D eigenvalue weighted by Crippen LogP contribution is -2.21. The number of likely N-dealkylation sites (tertiary alicyclic amines) is 1. The zero-order chi connectivity index (χ0) is 13.0. The molecule has 1 saturated heterocycles. The molecule has 0 radical (unpaired) electrons. The van der Waals surface area contributed by atoms with Crippen LogP contribution >= 0.6 is 0 Å². The van der Waals surface area contributed by atoms with E-state index in [0.29, 0.717) is 0 Å². The Morgan fingerprint density at radius 1 is 1.33 bits per heavy atom. The summed E-state index contributed by atoms with van der Waals surface area (Å²) < 4.78 is 12.2. The summed E-state index contributed by atoms with van der Waals surface area (Å²) in [4.78, 5) is 3.36. The molecule has 0 bridgehead atoms. The third kappa shape index (κ3) is 3.33. The van der Waals surface area contributed by atoms with Gasteiger partial charge >= 0.3 is 0 Å². The SMILES string of the molecule is Cc1c(N)cccc1S(=O)CCCN1CCCC1. The molecular weight excluding hydrogens is 244 g/mol. The van der Waals surface area contributed by atoms with Crippen LogP contribution < -0.4 is 5.73 Å². The summed E-state index contributed by atoms with van der Waals surface area (Å²) >= 11 is 0. The van der Waals surface area contributed by atoms with Gasteiger partial charge in [0.2, 0.25) is 0 Å². The first-order chi connectivity index (χ1) is 8.68. The maximum Gasteiger partial charge on any atom is 0.0533 e.